The van der Waals surface area contributed by atoms with Crippen LogP contribution in [0.3, 0.4) is 0 Å². The van der Waals surface area contributed by atoms with E-state index in [0.29, 0.717) is 0 Å². The van der Waals surface area contributed by atoms with Crippen LogP contribution in [-0.2, 0) is 0 Å². The van der Waals surface area contributed by atoms with Crippen molar-refractivity contribution in [2.45, 2.75) is 56.1 Å². The zero-order valence-corrected chi connectivity index (χ0v) is 11.9. The fourth-order valence-electron chi connectivity index (χ4n) is 2.21. The van der Waals surface area contributed by atoms with Crippen molar-refractivity contribution >= 4 is 23.5 Å². The highest BCUT2D eigenvalue weighted by Crippen LogP contribution is 2.36. The fraction of sp³-hybridized carbons (Fsp3) is 1.00. The van der Waals surface area contributed by atoms with Gasteiger partial charge in [-0.05, 0) is 19.9 Å². The Hall–Kier alpha value is 0.660. The number of hydrogen-bond donors (Lipinski definition) is 1. The summed E-state index contributed by atoms with van der Waals surface area (Å²) in [6, 6.07) is 0.729. The van der Waals surface area contributed by atoms with Gasteiger partial charge < -0.3 is 5.32 Å². The van der Waals surface area contributed by atoms with Crippen molar-refractivity contribution in [1.82, 2.24) is 5.32 Å². The van der Waals surface area contributed by atoms with E-state index < -0.39 is 0 Å². The van der Waals surface area contributed by atoms with Crippen molar-refractivity contribution in [2.24, 2.45) is 0 Å². The van der Waals surface area contributed by atoms with E-state index in [0.717, 1.165) is 16.5 Å². The smallest absolute Gasteiger partial charge is 0.0320 e. The van der Waals surface area contributed by atoms with Crippen LogP contribution in [0.5, 0.6) is 0 Å². The van der Waals surface area contributed by atoms with E-state index in [4.69, 9.17) is 0 Å². The molecule has 1 aliphatic heterocycles. The normalized spacial score (nSPS) is 29.0. The number of nitrogens with one attached hydrogen (secondary N) is 1. The minimum atomic E-state index is 0.729. The Kier molecular flexibility index (Phi) is 7.19. The highest BCUT2D eigenvalue weighted by molar-refractivity contribution is 8.07. The monoisotopic (exact) mass is 247 g/mol. The summed E-state index contributed by atoms with van der Waals surface area (Å²) in [5.41, 5.74) is 0. The minimum absolute atomic E-state index is 0.729. The number of hydrogen-bond acceptors (Lipinski definition) is 3. The second-order valence-corrected chi connectivity index (χ2v) is 6.82. The molecule has 0 aromatic carbocycles. The number of thioether (sulfide) groups is 2. The summed E-state index contributed by atoms with van der Waals surface area (Å²) in [6.45, 7) is 4.62. The topological polar surface area (TPSA) is 12.0 Å². The molecule has 1 saturated heterocycles. The highest BCUT2D eigenvalue weighted by atomic mass is 32.2. The van der Waals surface area contributed by atoms with Crippen molar-refractivity contribution in [3.8, 4) is 0 Å². The second-order valence-electron chi connectivity index (χ2n) is 4.19. The molecule has 1 N–H and O–H groups in total. The van der Waals surface area contributed by atoms with Gasteiger partial charge in [0.1, 0.15) is 0 Å². The van der Waals surface area contributed by atoms with Crippen LogP contribution in [0, 0.1) is 0 Å². The fourth-order valence-corrected chi connectivity index (χ4v) is 5.55. The van der Waals surface area contributed by atoms with E-state index in [1.165, 1.54) is 37.2 Å². The van der Waals surface area contributed by atoms with Crippen LogP contribution >= 0.6 is 23.5 Å². The zero-order valence-electron chi connectivity index (χ0n) is 10.3. The quantitative estimate of drug-likeness (QED) is 0.773. The van der Waals surface area contributed by atoms with Crippen LogP contribution < -0.4 is 5.32 Å². The average molecular weight is 247 g/mol. The molecule has 3 unspecified atom stereocenters. The molecule has 0 aromatic heterocycles. The van der Waals surface area contributed by atoms with Crippen molar-refractivity contribution in [3.05, 3.63) is 0 Å². The molecule has 1 heterocycles. The summed E-state index contributed by atoms with van der Waals surface area (Å²) in [6.07, 6.45) is 5.36. The molecule has 1 fully saturated rings. The predicted octanol–water partition coefficient (Wildman–Crippen LogP) is 3.39. The molecular formula is C12H25NS2. The van der Waals surface area contributed by atoms with E-state index >= 15 is 0 Å². The number of rotatable bonds is 6. The SMILES string of the molecule is CCCCC(NC)C1SCCSC1CC. The lowest BCUT2D eigenvalue weighted by atomic mass is 10.0. The van der Waals surface area contributed by atoms with Crippen molar-refractivity contribution in [2.75, 3.05) is 18.6 Å². The van der Waals surface area contributed by atoms with Crippen molar-refractivity contribution in [3.63, 3.8) is 0 Å². The third kappa shape index (κ3) is 4.20. The maximum Gasteiger partial charge on any atom is 0.0320 e. The summed E-state index contributed by atoms with van der Waals surface area (Å²) in [7, 11) is 2.13. The summed E-state index contributed by atoms with van der Waals surface area (Å²) >= 11 is 4.38. The Morgan fingerprint density at radius 1 is 1.27 bits per heavy atom. The van der Waals surface area contributed by atoms with E-state index in [2.05, 4.69) is 49.7 Å². The van der Waals surface area contributed by atoms with E-state index in [9.17, 15) is 0 Å². The van der Waals surface area contributed by atoms with Crippen molar-refractivity contribution < 1.29 is 0 Å². The molecule has 1 aliphatic rings. The van der Waals surface area contributed by atoms with Crippen LogP contribution in [-0.4, -0.2) is 35.1 Å². The largest absolute Gasteiger partial charge is 0.316 e. The van der Waals surface area contributed by atoms with Gasteiger partial charge in [0.2, 0.25) is 0 Å². The first kappa shape index (κ1) is 13.7. The zero-order chi connectivity index (χ0) is 11.1. The molecular weight excluding hydrogens is 222 g/mol. The van der Waals surface area contributed by atoms with E-state index in [1.54, 1.807) is 0 Å². The Morgan fingerprint density at radius 2 is 2.00 bits per heavy atom. The highest BCUT2D eigenvalue weighted by Gasteiger charge is 2.30. The maximum absolute atomic E-state index is 3.54. The van der Waals surface area contributed by atoms with Gasteiger partial charge in [-0.2, -0.15) is 23.5 Å². The molecule has 90 valence electrons. The Morgan fingerprint density at radius 3 is 2.60 bits per heavy atom. The predicted molar refractivity (Wildman–Crippen MR) is 75.2 cm³/mol. The summed E-state index contributed by atoms with van der Waals surface area (Å²) in [4.78, 5) is 0. The molecule has 0 saturated carbocycles. The summed E-state index contributed by atoms with van der Waals surface area (Å²) in [5, 5.41) is 5.25. The van der Waals surface area contributed by atoms with Crippen LogP contribution in [0.2, 0.25) is 0 Å². The molecule has 0 spiro atoms. The molecule has 0 aliphatic carbocycles. The molecule has 0 bridgehead atoms. The lowest BCUT2D eigenvalue weighted by Crippen LogP contribution is -2.43. The molecule has 1 nitrogen and oxygen atoms in total. The first-order valence-electron chi connectivity index (χ1n) is 6.23. The Bertz CT molecular complexity index is 164. The van der Waals surface area contributed by atoms with Crippen LogP contribution in [0.4, 0.5) is 0 Å². The second kappa shape index (κ2) is 7.86. The van der Waals surface area contributed by atoms with Gasteiger partial charge >= 0.3 is 0 Å². The molecule has 3 heteroatoms. The minimum Gasteiger partial charge on any atom is -0.316 e. The molecule has 0 aromatic rings. The molecule has 1 rings (SSSR count). The van der Waals surface area contributed by atoms with E-state index in [-0.39, 0.29) is 0 Å². The molecule has 15 heavy (non-hydrogen) atoms. The molecule has 0 amide bonds. The first-order chi connectivity index (χ1) is 7.33. The number of unbranched alkanes of at least 4 members (excludes halogenated alkanes) is 1. The van der Waals surface area contributed by atoms with Gasteiger partial charge in [0.25, 0.3) is 0 Å². The van der Waals surface area contributed by atoms with Gasteiger partial charge in [0, 0.05) is 28.0 Å². The van der Waals surface area contributed by atoms with Crippen molar-refractivity contribution in [1.29, 1.82) is 0 Å². The van der Waals surface area contributed by atoms with Crippen LogP contribution in [0.25, 0.3) is 0 Å². The lowest BCUT2D eigenvalue weighted by molar-refractivity contribution is 0.471. The molecule has 0 radical (unpaired) electrons. The van der Waals surface area contributed by atoms with Gasteiger partial charge in [-0.3, -0.25) is 0 Å². The van der Waals surface area contributed by atoms with Gasteiger partial charge in [0.05, 0.1) is 0 Å². The summed E-state index contributed by atoms with van der Waals surface area (Å²) < 4.78 is 0. The lowest BCUT2D eigenvalue weighted by Gasteiger charge is -2.35. The van der Waals surface area contributed by atoms with Crippen LogP contribution in [0.1, 0.15) is 39.5 Å². The summed E-state index contributed by atoms with van der Waals surface area (Å²) in [5.74, 6) is 2.69. The maximum atomic E-state index is 3.54. The Balaban J connectivity index is 2.47. The third-order valence-electron chi connectivity index (χ3n) is 3.13. The Labute approximate surface area is 104 Å². The first-order valence-corrected chi connectivity index (χ1v) is 8.33. The van der Waals surface area contributed by atoms with Gasteiger partial charge in [-0.25, -0.2) is 0 Å². The standard InChI is InChI=1S/C12H25NS2/c1-4-6-7-10(13-3)12-11(5-2)14-8-9-15-12/h10-13H,4-9H2,1-3H3. The third-order valence-corrected chi connectivity index (χ3v) is 6.54. The molecule has 3 atom stereocenters. The van der Waals surface area contributed by atoms with Gasteiger partial charge in [0.15, 0.2) is 0 Å². The van der Waals surface area contributed by atoms with E-state index in [1.807, 2.05) is 0 Å². The van der Waals surface area contributed by atoms with Gasteiger partial charge in [-0.15, -0.1) is 0 Å². The average Bonchev–Trinajstić information content (AvgIpc) is 2.30. The van der Waals surface area contributed by atoms with Gasteiger partial charge in [-0.1, -0.05) is 26.7 Å². The van der Waals surface area contributed by atoms with Crippen LogP contribution in [0.15, 0.2) is 0 Å².